The SMILES string of the molecule is COCC(Cl)CN(C)c1ccc(Br)c(C)n1. The molecule has 0 fully saturated rings. The van der Waals surface area contributed by atoms with Gasteiger partial charge in [0, 0.05) is 25.2 Å². The molecular weight excluding hydrogens is 291 g/mol. The van der Waals surface area contributed by atoms with Crippen LogP contribution in [-0.2, 0) is 4.74 Å². The lowest BCUT2D eigenvalue weighted by Gasteiger charge is -2.21. The zero-order valence-corrected chi connectivity index (χ0v) is 12.0. The number of nitrogens with zero attached hydrogens (tertiary/aromatic N) is 2. The number of aromatic nitrogens is 1. The molecule has 0 saturated heterocycles. The Hall–Kier alpha value is -0.320. The van der Waals surface area contributed by atoms with Gasteiger partial charge < -0.3 is 9.64 Å². The summed E-state index contributed by atoms with van der Waals surface area (Å²) in [4.78, 5) is 6.49. The molecule has 0 aliphatic rings. The zero-order valence-electron chi connectivity index (χ0n) is 9.70. The number of aryl methyl sites for hydroxylation is 1. The van der Waals surface area contributed by atoms with Crippen LogP contribution in [0.2, 0.25) is 0 Å². The van der Waals surface area contributed by atoms with E-state index in [1.807, 2.05) is 31.0 Å². The number of hydrogen-bond acceptors (Lipinski definition) is 3. The summed E-state index contributed by atoms with van der Waals surface area (Å²) >= 11 is 9.52. The van der Waals surface area contributed by atoms with E-state index in [9.17, 15) is 0 Å². The summed E-state index contributed by atoms with van der Waals surface area (Å²) in [7, 11) is 3.62. The average Bonchev–Trinajstić information content (AvgIpc) is 2.22. The van der Waals surface area contributed by atoms with Crippen LogP contribution in [0.3, 0.4) is 0 Å². The number of ether oxygens (including phenoxy) is 1. The van der Waals surface area contributed by atoms with Crippen LogP contribution >= 0.6 is 27.5 Å². The standard InChI is InChI=1S/C11H16BrClN2O/c1-8-10(12)4-5-11(14-8)15(2)6-9(13)7-16-3/h4-5,9H,6-7H2,1-3H3. The number of rotatable bonds is 5. The fourth-order valence-electron chi connectivity index (χ4n) is 1.37. The van der Waals surface area contributed by atoms with Gasteiger partial charge in [-0.15, -0.1) is 11.6 Å². The van der Waals surface area contributed by atoms with Crippen molar-refractivity contribution >= 4 is 33.3 Å². The van der Waals surface area contributed by atoms with Gasteiger partial charge in [-0.3, -0.25) is 0 Å². The van der Waals surface area contributed by atoms with Gasteiger partial charge in [-0.25, -0.2) is 4.98 Å². The highest BCUT2D eigenvalue weighted by Gasteiger charge is 2.10. The Kier molecular flexibility index (Phi) is 5.52. The van der Waals surface area contributed by atoms with Crippen molar-refractivity contribution in [3.63, 3.8) is 0 Å². The number of pyridine rings is 1. The topological polar surface area (TPSA) is 25.4 Å². The first kappa shape index (κ1) is 13.7. The van der Waals surface area contributed by atoms with E-state index < -0.39 is 0 Å². The van der Waals surface area contributed by atoms with E-state index in [4.69, 9.17) is 16.3 Å². The lowest BCUT2D eigenvalue weighted by Crippen LogP contribution is -2.29. The monoisotopic (exact) mass is 306 g/mol. The number of methoxy groups -OCH3 is 1. The van der Waals surface area contributed by atoms with Gasteiger partial charge in [0.15, 0.2) is 0 Å². The third-order valence-corrected chi connectivity index (χ3v) is 3.32. The van der Waals surface area contributed by atoms with Crippen LogP contribution in [0.25, 0.3) is 0 Å². The number of alkyl halides is 1. The summed E-state index contributed by atoms with van der Waals surface area (Å²) in [5, 5.41) is -0.0271. The van der Waals surface area contributed by atoms with Crippen molar-refractivity contribution in [1.82, 2.24) is 4.98 Å². The molecule has 1 aromatic heterocycles. The summed E-state index contributed by atoms with van der Waals surface area (Å²) < 4.78 is 6.01. The average molecular weight is 308 g/mol. The minimum Gasteiger partial charge on any atom is -0.383 e. The lowest BCUT2D eigenvalue weighted by molar-refractivity contribution is 0.199. The Labute approximate surface area is 110 Å². The number of hydrogen-bond donors (Lipinski definition) is 0. The molecular formula is C11H16BrClN2O. The van der Waals surface area contributed by atoms with Crippen LogP contribution in [-0.4, -0.2) is 37.7 Å². The molecule has 0 radical (unpaired) electrons. The quantitative estimate of drug-likeness (QED) is 0.782. The van der Waals surface area contributed by atoms with E-state index in [0.29, 0.717) is 13.2 Å². The molecule has 0 aliphatic heterocycles. The van der Waals surface area contributed by atoms with E-state index in [1.165, 1.54) is 0 Å². The second-order valence-corrected chi connectivity index (χ2v) is 5.14. The van der Waals surface area contributed by atoms with Gasteiger partial charge in [0.05, 0.1) is 17.7 Å². The van der Waals surface area contributed by atoms with Crippen molar-refractivity contribution in [2.75, 3.05) is 32.2 Å². The fourth-order valence-corrected chi connectivity index (χ4v) is 1.92. The van der Waals surface area contributed by atoms with Gasteiger partial charge in [0.1, 0.15) is 5.82 Å². The Morgan fingerprint density at radius 2 is 2.25 bits per heavy atom. The molecule has 0 aromatic carbocycles. The first-order valence-electron chi connectivity index (χ1n) is 5.02. The maximum atomic E-state index is 6.09. The summed E-state index contributed by atoms with van der Waals surface area (Å²) in [6, 6.07) is 3.96. The molecule has 1 aromatic rings. The largest absolute Gasteiger partial charge is 0.383 e. The van der Waals surface area contributed by atoms with E-state index in [0.717, 1.165) is 16.0 Å². The molecule has 16 heavy (non-hydrogen) atoms. The fraction of sp³-hybridized carbons (Fsp3) is 0.545. The zero-order chi connectivity index (χ0) is 12.1. The Morgan fingerprint density at radius 3 is 2.81 bits per heavy atom. The highest BCUT2D eigenvalue weighted by atomic mass is 79.9. The maximum absolute atomic E-state index is 6.09. The number of anilines is 1. The summed E-state index contributed by atoms with van der Waals surface area (Å²) in [6.07, 6.45) is 0. The third-order valence-electron chi connectivity index (χ3n) is 2.22. The Bertz CT molecular complexity index is 349. The van der Waals surface area contributed by atoms with Crippen molar-refractivity contribution in [1.29, 1.82) is 0 Å². The first-order valence-corrected chi connectivity index (χ1v) is 6.24. The van der Waals surface area contributed by atoms with Crippen molar-refractivity contribution in [2.24, 2.45) is 0 Å². The third kappa shape index (κ3) is 3.92. The second-order valence-electron chi connectivity index (χ2n) is 3.67. The summed E-state index contributed by atoms with van der Waals surface area (Å²) in [5.74, 6) is 0.919. The van der Waals surface area contributed by atoms with Gasteiger partial charge in [-0.2, -0.15) is 0 Å². The molecule has 3 nitrogen and oxygen atoms in total. The molecule has 1 atom stereocenters. The van der Waals surface area contributed by atoms with Crippen LogP contribution in [0, 0.1) is 6.92 Å². The van der Waals surface area contributed by atoms with Crippen LogP contribution in [0.1, 0.15) is 5.69 Å². The Morgan fingerprint density at radius 1 is 1.56 bits per heavy atom. The van der Waals surface area contributed by atoms with Crippen LogP contribution in [0.15, 0.2) is 16.6 Å². The molecule has 0 amide bonds. The van der Waals surface area contributed by atoms with Gasteiger partial charge in [0.25, 0.3) is 0 Å². The molecule has 0 bridgehead atoms. The molecule has 0 saturated carbocycles. The molecule has 0 N–H and O–H groups in total. The van der Waals surface area contributed by atoms with Gasteiger partial charge in [-0.05, 0) is 35.0 Å². The first-order chi connectivity index (χ1) is 7.54. The van der Waals surface area contributed by atoms with E-state index in [1.54, 1.807) is 7.11 Å². The highest BCUT2D eigenvalue weighted by molar-refractivity contribution is 9.10. The minimum absolute atomic E-state index is 0.0271. The maximum Gasteiger partial charge on any atom is 0.128 e. The van der Waals surface area contributed by atoms with Gasteiger partial charge >= 0.3 is 0 Å². The van der Waals surface area contributed by atoms with Crippen molar-refractivity contribution in [2.45, 2.75) is 12.3 Å². The van der Waals surface area contributed by atoms with Gasteiger partial charge in [0.2, 0.25) is 0 Å². The minimum atomic E-state index is -0.0271. The second kappa shape index (κ2) is 6.42. The molecule has 1 heterocycles. The normalized spacial score (nSPS) is 12.6. The van der Waals surface area contributed by atoms with Crippen molar-refractivity contribution in [3.8, 4) is 0 Å². The number of halogens is 2. The predicted octanol–water partition coefficient (Wildman–Crippen LogP) is 2.84. The Balaban J connectivity index is 2.65. The lowest BCUT2D eigenvalue weighted by atomic mass is 10.3. The van der Waals surface area contributed by atoms with Crippen molar-refractivity contribution < 1.29 is 4.74 Å². The summed E-state index contributed by atoms with van der Waals surface area (Å²) in [6.45, 7) is 3.22. The molecule has 0 spiro atoms. The van der Waals surface area contributed by atoms with Crippen LogP contribution in [0.5, 0.6) is 0 Å². The van der Waals surface area contributed by atoms with E-state index >= 15 is 0 Å². The smallest absolute Gasteiger partial charge is 0.128 e. The molecule has 0 aliphatic carbocycles. The van der Waals surface area contributed by atoms with Crippen molar-refractivity contribution in [3.05, 3.63) is 22.3 Å². The predicted molar refractivity (Wildman–Crippen MR) is 71.5 cm³/mol. The van der Waals surface area contributed by atoms with Crippen LogP contribution < -0.4 is 4.90 Å². The molecule has 90 valence electrons. The highest BCUT2D eigenvalue weighted by Crippen LogP contribution is 2.18. The van der Waals surface area contributed by atoms with E-state index in [2.05, 4.69) is 20.9 Å². The van der Waals surface area contributed by atoms with Gasteiger partial charge in [-0.1, -0.05) is 0 Å². The summed E-state index contributed by atoms with van der Waals surface area (Å²) in [5.41, 5.74) is 0.974. The van der Waals surface area contributed by atoms with E-state index in [-0.39, 0.29) is 5.38 Å². The molecule has 1 unspecified atom stereocenters. The molecule has 1 rings (SSSR count). The molecule has 5 heteroatoms. The van der Waals surface area contributed by atoms with Crippen LogP contribution in [0.4, 0.5) is 5.82 Å².